The van der Waals surface area contributed by atoms with Crippen LogP contribution >= 0.6 is 11.3 Å². The number of thiophene rings is 1. The Morgan fingerprint density at radius 2 is 2.05 bits per heavy atom. The molecular weight excluding hydrogens is 306 g/mol. The number of rotatable bonds is 6. The summed E-state index contributed by atoms with van der Waals surface area (Å²) in [7, 11) is 0.229. The Morgan fingerprint density at radius 3 is 2.62 bits per heavy atom. The maximum atomic E-state index is 12.7. The molecule has 1 aromatic heterocycles. The summed E-state index contributed by atoms with van der Waals surface area (Å²) in [6, 6.07) is 3.74. The Kier molecular flexibility index (Phi) is 5.79. The van der Waals surface area contributed by atoms with Crippen molar-refractivity contribution in [2.24, 2.45) is 0 Å². The first-order valence-corrected chi connectivity index (χ1v) is 9.68. The van der Waals surface area contributed by atoms with Gasteiger partial charge in [-0.3, -0.25) is 0 Å². The molecule has 1 aliphatic heterocycles. The highest BCUT2D eigenvalue weighted by Gasteiger charge is 2.31. The van der Waals surface area contributed by atoms with Crippen molar-refractivity contribution in [1.29, 1.82) is 0 Å². The normalized spacial score (nSPS) is 18.5. The van der Waals surface area contributed by atoms with Gasteiger partial charge in [0.2, 0.25) is 0 Å². The second-order valence-corrected chi connectivity index (χ2v) is 8.83. The Bertz CT molecular complexity index is 548. The number of likely N-dealkylation sites (tertiary alicyclic amines) is 1. The van der Waals surface area contributed by atoms with E-state index in [-0.39, 0.29) is 6.04 Å². The molecule has 0 bridgehead atoms. The van der Waals surface area contributed by atoms with E-state index in [0.29, 0.717) is 10.8 Å². The fourth-order valence-electron chi connectivity index (χ4n) is 2.70. The maximum Gasteiger partial charge on any atom is 0.252 e. The lowest BCUT2D eigenvalue weighted by molar-refractivity contribution is 0.176. The Hall–Kier alpha value is -0.470. The fourth-order valence-corrected chi connectivity index (χ4v) is 5.67. The smallest absolute Gasteiger partial charge is 0.252 e. The van der Waals surface area contributed by atoms with Gasteiger partial charge in [0.15, 0.2) is 0 Å². The molecule has 0 aliphatic carbocycles. The highest BCUT2D eigenvalue weighted by atomic mass is 32.2. The number of piperidine rings is 1. The van der Waals surface area contributed by atoms with Crippen LogP contribution in [-0.4, -0.2) is 57.4 Å². The summed E-state index contributed by atoms with van der Waals surface area (Å²) >= 11 is 1.36. The molecule has 1 saturated heterocycles. The van der Waals surface area contributed by atoms with E-state index < -0.39 is 10.0 Å². The Morgan fingerprint density at radius 1 is 1.38 bits per heavy atom. The van der Waals surface area contributed by atoms with Crippen LogP contribution in [-0.2, 0) is 16.6 Å². The first-order chi connectivity index (χ1) is 9.98. The zero-order chi connectivity index (χ0) is 15.5. The van der Waals surface area contributed by atoms with E-state index in [9.17, 15) is 8.42 Å². The maximum absolute atomic E-state index is 12.7. The van der Waals surface area contributed by atoms with Gasteiger partial charge in [-0.1, -0.05) is 6.92 Å². The number of nitrogens with zero attached hydrogens (tertiary/aromatic N) is 2. The van der Waals surface area contributed by atoms with Crippen LogP contribution in [0.5, 0.6) is 0 Å². The molecular formula is C14H25N3O2S2. The lowest BCUT2D eigenvalue weighted by Gasteiger charge is -2.35. The molecule has 2 heterocycles. The first-order valence-electron chi connectivity index (χ1n) is 7.42. The van der Waals surface area contributed by atoms with Crippen LogP contribution in [0.15, 0.2) is 16.3 Å². The predicted octanol–water partition coefficient (Wildman–Crippen LogP) is 1.57. The summed E-state index contributed by atoms with van der Waals surface area (Å²) in [5, 5.41) is 3.05. The molecule has 0 aromatic carbocycles. The van der Waals surface area contributed by atoms with Crippen molar-refractivity contribution >= 4 is 21.4 Å². The molecule has 0 saturated carbocycles. The van der Waals surface area contributed by atoms with E-state index in [4.69, 9.17) is 0 Å². The van der Waals surface area contributed by atoms with Crippen LogP contribution in [0.2, 0.25) is 0 Å². The van der Waals surface area contributed by atoms with Crippen molar-refractivity contribution in [3.8, 4) is 0 Å². The molecule has 1 fully saturated rings. The average molecular weight is 332 g/mol. The second kappa shape index (κ2) is 7.19. The monoisotopic (exact) mass is 331 g/mol. The zero-order valence-corrected chi connectivity index (χ0v) is 14.6. The molecule has 5 nitrogen and oxygen atoms in total. The predicted molar refractivity (Wildman–Crippen MR) is 87.2 cm³/mol. The number of sulfonamides is 1. The summed E-state index contributed by atoms with van der Waals surface area (Å²) in [6.07, 6.45) is 1.83. The van der Waals surface area contributed by atoms with Crippen molar-refractivity contribution in [1.82, 2.24) is 14.5 Å². The van der Waals surface area contributed by atoms with E-state index in [1.807, 2.05) is 13.1 Å². The van der Waals surface area contributed by atoms with Gasteiger partial charge in [0.05, 0.1) is 0 Å². The molecule has 0 spiro atoms. The van der Waals surface area contributed by atoms with E-state index in [1.54, 1.807) is 17.4 Å². The topological polar surface area (TPSA) is 52.7 Å². The third kappa shape index (κ3) is 3.84. The van der Waals surface area contributed by atoms with Crippen LogP contribution in [0.4, 0.5) is 0 Å². The van der Waals surface area contributed by atoms with Crippen molar-refractivity contribution in [2.75, 3.05) is 33.7 Å². The largest absolute Gasteiger partial charge is 0.315 e. The van der Waals surface area contributed by atoms with Gasteiger partial charge in [-0.05, 0) is 51.7 Å². The average Bonchev–Trinajstić information content (AvgIpc) is 2.96. The molecule has 0 atom stereocenters. The number of nitrogens with one attached hydrogen (secondary N) is 1. The molecule has 0 amide bonds. The van der Waals surface area contributed by atoms with Gasteiger partial charge in [-0.2, -0.15) is 4.31 Å². The minimum Gasteiger partial charge on any atom is -0.315 e. The lowest BCUT2D eigenvalue weighted by atomic mass is 10.1. The third-order valence-electron chi connectivity index (χ3n) is 4.14. The van der Waals surface area contributed by atoms with Gasteiger partial charge in [-0.25, -0.2) is 8.42 Å². The highest BCUT2D eigenvalue weighted by molar-refractivity contribution is 7.91. The highest BCUT2D eigenvalue weighted by Crippen LogP contribution is 2.27. The van der Waals surface area contributed by atoms with Gasteiger partial charge >= 0.3 is 0 Å². The van der Waals surface area contributed by atoms with Crippen LogP contribution in [0, 0.1) is 0 Å². The molecule has 0 radical (unpaired) electrons. The van der Waals surface area contributed by atoms with E-state index in [0.717, 1.165) is 37.4 Å². The van der Waals surface area contributed by atoms with Crippen molar-refractivity contribution < 1.29 is 8.42 Å². The SMILES string of the molecule is CCN1CCC(N(C)S(=O)(=O)c2ccc(CNC)s2)CC1. The van der Waals surface area contributed by atoms with Crippen molar-refractivity contribution in [3.63, 3.8) is 0 Å². The standard InChI is InChI=1S/C14H25N3O2S2/c1-4-17-9-7-12(8-10-17)16(3)21(18,19)14-6-5-13(20-14)11-15-2/h5-6,12,15H,4,7-11H2,1-3H3. The molecule has 0 unspecified atom stereocenters. The quantitative estimate of drug-likeness (QED) is 0.860. The second-order valence-electron chi connectivity index (χ2n) is 5.44. The third-order valence-corrected chi connectivity index (χ3v) is 7.60. The Balaban J connectivity index is 2.07. The first kappa shape index (κ1) is 16.9. The van der Waals surface area contributed by atoms with Gasteiger partial charge in [0, 0.05) is 24.5 Å². The molecule has 2 rings (SSSR count). The minimum absolute atomic E-state index is 0.118. The van der Waals surface area contributed by atoms with Crippen LogP contribution < -0.4 is 5.32 Å². The van der Waals surface area contributed by atoms with Crippen molar-refractivity contribution in [3.05, 3.63) is 17.0 Å². The van der Waals surface area contributed by atoms with Gasteiger partial charge in [-0.15, -0.1) is 11.3 Å². The Labute approximate surface area is 132 Å². The van der Waals surface area contributed by atoms with Crippen molar-refractivity contribution in [2.45, 2.75) is 36.6 Å². The molecule has 120 valence electrons. The minimum atomic E-state index is -3.35. The summed E-state index contributed by atoms with van der Waals surface area (Å²) in [6.45, 7) is 5.86. The van der Waals surface area contributed by atoms with E-state index >= 15 is 0 Å². The number of hydrogen-bond acceptors (Lipinski definition) is 5. The lowest BCUT2D eigenvalue weighted by Crippen LogP contribution is -2.45. The number of hydrogen-bond donors (Lipinski definition) is 1. The molecule has 1 aromatic rings. The van der Waals surface area contributed by atoms with E-state index in [2.05, 4.69) is 17.1 Å². The zero-order valence-electron chi connectivity index (χ0n) is 13.0. The summed E-state index contributed by atoms with van der Waals surface area (Å²) < 4.78 is 27.4. The van der Waals surface area contributed by atoms with Crippen LogP contribution in [0.1, 0.15) is 24.6 Å². The van der Waals surface area contributed by atoms with Gasteiger partial charge in [0.1, 0.15) is 4.21 Å². The van der Waals surface area contributed by atoms with Crippen LogP contribution in [0.3, 0.4) is 0 Å². The van der Waals surface area contributed by atoms with Gasteiger partial charge < -0.3 is 10.2 Å². The fraction of sp³-hybridized carbons (Fsp3) is 0.714. The molecule has 7 heteroatoms. The summed E-state index contributed by atoms with van der Waals surface area (Å²) in [5.74, 6) is 0. The molecule has 21 heavy (non-hydrogen) atoms. The van der Waals surface area contributed by atoms with E-state index in [1.165, 1.54) is 11.3 Å². The molecule has 1 N–H and O–H groups in total. The van der Waals surface area contributed by atoms with Gasteiger partial charge in [0.25, 0.3) is 10.0 Å². The molecule has 1 aliphatic rings. The summed E-state index contributed by atoms with van der Waals surface area (Å²) in [5.41, 5.74) is 0. The summed E-state index contributed by atoms with van der Waals surface area (Å²) in [4.78, 5) is 3.41. The van der Waals surface area contributed by atoms with Crippen LogP contribution in [0.25, 0.3) is 0 Å².